The standard InChI is InChI=1S/C13H13N7S/c1-9-3-2-4-10(5-9)6-21-13-18-11(14)17-12(19-13)20-8-15-7-16-20/h2-5,7-8H,6H2,1H3,(H2,14,17,18,19). The maximum atomic E-state index is 5.72. The van der Waals surface area contributed by atoms with Gasteiger partial charge in [0.15, 0.2) is 5.16 Å². The summed E-state index contributed by atoms with van der Waals surface area (Å²) in [5.74, 6) is 1.30. The average Bonchev–Trinajstić information content (AvgIpc) is 2.99. The fourth-order valence-electron chi connectivity index (χ4n) is 1.79. The Morgan fingerprint density at radius 2 is 2.14 bits per heavy atom. The molecule has 0 aliphatic heterocycles. The SMILES string of the molecule is Cc1cccc(CSc2nc(N)nc(-n3cncn3)n2)c1. The van der Waals surface area contributed by atoms with Gasteiger partial charge in [-0.25, -0.2) is 4.98 Å². The summed E-state index contributed by atoms with van der Waals surface area (Å²) in [7, 11) is 0. The van der Waals surface area contributed by atoms with Crippen LogP contribution in [0.4, 0.5) is 5.95 Å². The molecule has 0 spiro atoms. The molecule has 106 valence electrons. The van der Waals surface area contributed by atoms with Gasteiger partial charge < -0.3 is 5.73 Å². The number of hydrogen-bond acceptors (Lipinski definition) is 7. The zero-order valence-corrected chi connectivity index (χ0v) is 12.2. The third kappa shape index (κ3) is 3.34. The number of nitrogens with two attached hydrogens (primary N) is 1. The van der Waals surface area contributed by atoms with Crippen molar-refractivity contribution in [3.8, 4) is 5.95 Å². The van der Waals surface area contributed by atoms with Gasteiger partial charge >= 0.3 is 0 Å². The second-order valence-electron chi connectivity index (χ2n) is 4.39. The van der Waals surface area contributed by atoms with E-state index in [1.54, 1.807) is 0 Å². The van der Waals surface area contributed by atoms with Crippen LogP contribution in [-0.4, -0.2) is 29.7 Å². The second kappa shape index (κ2) is 5.88. The molecule has 0 unspecified atom stereocenters. The Morgan fingerprint density at radius 1 is 1.24 bits per heavy atom. The Kier molecular flexibility index (Phi) is 3.78. The predicted octanol–water partition coefficient (Wildman–Crippen LogP) is 1.64. The van der Waals surface area contributed by atoms with Gasteiger partial charge in [0.25, 0.3) is 5.95 Å². The molecule has 0 atom stereocenters. The molecule has 21 heavy (non-hydrogen) atoms. The largest absolute Gasteiger partial charge is 0.368 e. The molecular formula is C13H13N7S. The summed E-state index contributed by atoms with van der Waals surface area (Å²) in [5.41, 5.74) is 8.16. The molecule has 0 aliphatic carbocycles. The minimum atomic E-state index is 0.169. The van der Waals surface area contributed by atoms with E-state index >= 15 is 0 Å². The molecule has 3 aromatic rings. The predicted molar refractivity (Wildman–Crippen MR) is 79.9 cm³/mol. The lowest BCUT2D eigenvalue weighted by Gasteiger charge is -2.04. The molecule has 0 radical (unpaired) electrons. The lowest BCUT2D eigenvalue weighted by molar-refractivity contribution is 0.763. The van der Waals surface area contributed by atoms with E-state index in [2.05, 4.69) is 50.2 Å². The van der Waals surface area contributed by atoms with Crippen LogP contribution in [0.5, 0.6) is 0 Å². The Balaban J connectivity index is 1.79. The lowest BCUT2D eigenvalue weighted by Crippen LogP contribution is -2.07. The maximum Gasteiger partial charge on any atom is 0.257 e. The summed E-state index contributed by atoms with van der Waals surface area (Å²) in [6.45, 7) is 2.07. The first-order valence-electron chi connectivity index (χ1n) is 6.25. The number of benzene rings is 1. The number of thioether (sulfide) groups is 1. The molecule has 8 heteroatoms. The van der Waals surface area contributed by atoms with E-state index in [4.69, 9.17) is 5.73 Å². The van der Waals surface area contributed by atoms with Gasteiger partial charge in [0, 0.05) is 5.75 Å². The van der Waals surface area contributed by atoms with Gasteiger partial charge in [0.1, 0.15) is 12.7 Å². The Morgan fingerprint density at radius 3 is 2.90 bits per heavy atom. The molecule has 7 nitrogen and oxygen atoms in total. The van der Waals surface area contributed by atoms with Crippen LogP contribution in [0.25, 0.3) is 5.95 Å². The van der Waals surface area contributed by atoms with E-state index in [0.29, 0.717) is 11.1 Å². The lowest BCUT2D eigenvalue weighted by atomic mass is 10.2. The molecule has 0 bridgehead atoms. The van der Waals surface area contributed by atoms with Crippen molar-refractivity contribution in [3.05, 3.63) is 48.0 Å². The van der Waals surface area contributed by atoms with Gasteiger partial charge in [-0.05, 0) is 12.5 Å². The van der Waals surface area contributed by atoms with Crippen LogP contribution >= 0.6 is 11.8 Å². The van der Waals surface area contributed by atoms with Crippen molar-refractivity contribution < 1.29 is 0 Å². The molecule has 0 saturated heterocycles. The number of rotatable bonds is 4. The topological polar surface area (TPSA) is 95.4 Å². The van der Waals surface area contributed by atoms with Crippen molar-refractivity contribution in [1.82, 2.24) is 29.7 Å². The van der Waals surface area contributed by atoms with E-state index in [1.165, 1.54) is 40.2 Å². The van der Waals surface area contributed by atoms with Gasteiger partial charge in [-0.3, -0.25) is 0 Å². The highest BCUT2D eigenvalue weighted by Crippen LogP contribution is 2.20. The molecule has 3 rings (SSSR count). The molecule has 0 amide bonds. The Labute approximate surface area is 125 Å². The highest BCUT2D eigenvalue weighted by Gasteiger charge is 2.08. The van der Waals surface area contributed by atoms with Crippen LogP contribution in [0, 0.1) is 6.92 Å². The third-order valence-corrected chi connectivity index (χ3v) is 3.61. The third-order valence-electron chi connectivity index (χ3n) is 2.69. The minimum absolute atomic E-state index is 0.169. The van der Waals surface area contributed by atoms with Gasteiger partial charge in [-0.2, -0.15) is 24.7 Å². The summed E-state index contributed by atoms with van der Waals surface area (Å²) >= 11 is 1.50. The number of aryl methyl sites for hydroxylation is 1. The normalized spacial score (nSPS) is 10.7. The first-order valence-corrected chi connectivity index (χ1v) is 7.24. The maximum absolute atomic E-state index is 5.72. The van der Waals surface area contributed by atoms with Crippen molar-refractivity contribution in [2.45, 2.75) is 17.8 Å². The van der Waals surface area contributed by atoms with Gasteiger partial charge in [-0.15, -0.1) is 0 Å². The monoisotopic (exact) mass is 299 g/mol. The van der Waals surface area contributed by atoms with Crippen molar-refractivity contribution in [1.29, 1.82) is 0 Å². The van der Waals surface area contributed by atoms with Crippen LogP contribution in [0.2, 0.25) is 0 Å². The smallest absolute Gasteiger partial charge is 0.257 e. The van der Waals surface area contributed by atoms with Crippen LogP contribution in [0.15, 0.2) is 42.1 Å². The number of hydrogen-bond donors (Lipinski definition) is 1. The summed E-state index contributed by atoms with van der Waals surface area (Å²) in [6, 6.07) is 8.31. The Bertz CT molecular complexity index is 742. The first-order chi connectivity index (χ1) is 10.2. The molecule has 0 fully saturated rings. The second-order valence-corrected chi connectivity index (χ2v) is 5.34. The molecule has 2 heterocycles. The average molecular weight is 299 g/mol. The fraction of sp³-hybridized carbons (Fsp3) is 0.154. The quantitative estimate of drug-likeness (QED) is 0.731. The van der Waals surface area contributed by atoms with E-state index in [1.807, 2.05) is 6.07 Å². The van der Waals surface area contributed by atoms with E-state index < -0.39 is 0 Å². The molecule has 1 aromatic carbocycles. The van der Waals surface area contributed by atoms with Crippen molar-refractivity contribution >= 4 is 17.7 Å². The van der Waals surface area contributed by atoms with Crippen LogP contribution in [-0.2, 0) is 5.75 Å². The summed E-state index contributed by atoms with van der Waals surface area (Å²) in [6.07, 6.45) is 2.93. The van der Waals surface area contributed by atoms with Gasteiger partial charge in [-0.1, -0.05) is 41.6 Å². The molecular weight excluding hydrogens is 286 g/mol. The number of anilines is 1. The first kappa shape index (κ1) is 13.5. The van der Waals surface area contributed by atoms with Crippen molar-refractivity contribution in [3.63, 3.8) is 0 Å². The van der Waals surface area contributed by atoms with E-state index in [9.17, 15) is 0 Å². The highest BCUT2D eigenvalue weighted by atomic mass is 32.2. The van der Waals surface area contributed by atoms with Crippen LogP contribution in [0.3, 0.4) is 0 Å². The highest BCUT2D eigenvalue weighted by molar-refractivity contribution is 7.98. The molecule has 0 saturated carbocycles. The zero-order chi connectivity index (χ0) is 14.7. The minimum Gasteiger partial charge on any atom is -0.368 e. The fourth-order valence-corrected chi connectivity index (χ4v) is 2.57. The number of nitrogens with zero attached hydrogens (tertiary/aromatic N) is 6. The number of aromatic nitrogens is 6. The van der Waals surface area contributed by atoms with Gasteiger partial charge in [0.05, 0.1) is 0 Å². The van der Waals surface area contributed by atoms with Crippen molar-refractivity contribution in [2.24, 2.45) is 0 Å². The summed E-state index contributed by atoms with van der Waals surface area (Å²) in [4.78, 5) is 16.4. The van der Waals surface area contributed by atoms with Crippen molar-refractivity contribution in [2.75, 3.05) is 5.73 Å². The summed E-state index contributed by atoms with van der Waals surface area (Å²) in [5, 5.41) is 4.55. The van der Waals surface area contributed by atoms with E-state index in [0.717, 1.165) is 5.75 Å². The molecule has 0 aliphatic rings. The molecule has 2 aromatic heterocycles. The number of nitrogen functional groups attached to an aromatic ring is 1. The van der Waals surface area contributed by atoms with Gasteiger partial charge in [0.2, 0.25) is 5.95 Å². The van der Waals surface area contributed by atoms with E-state index in [-0.39, 0.29) is 5.95 Å². The Hall–Kier alpha value is -2.48. The van der Waals surface area contributed by atoms with Crippen LogP contribution < -0.4 is 5.73 Å². The van der Waals surface area contributed by atoms with Crippen LogP contribution in [0.1, 0.15) is 11.1 Å². The zero-order valence-electron chi connectivity index (χ0n) is 11.3. The summed E-state index contributed by atoms with van der Waals surface area (Å²) < 4.78 is 1.45. The molecule has 2 N–H and O–H groups in total.